The number of amides is 1. The zero-order valence-corrected chi connectivity index (χ0v) is 14.4. The topological polar surface area (TPSA) is 128 Å². The highest BCUT2D eigenvalue weighted by Gasteiger charge is 2.10. The third kappa shape index (κ3) is 4.70. The molecule has 0 aliphatic carbocycles. The van der Waals surface area contributed by atoms with Gasteiger partial charge in [0, 0.05) is 28.3 Å². The number of nitro benzene ring substituents is 1. The van der Waals surface area contributed by atoms with Crippen molar-refractivity contribution < 1.29 is 9.72 Å². The van der Waals surface area contributed by atoms with Gasteiger partial charge in [0.05, 0.1) is 11.1 Å². The van der Waals surface area contributed by atoms with E-state index in [-0.39, 0.29) is 17.3 Å². The van der Waals surface area contributed by atoms with Crippen molar-refractivity contribution in [2.45, 2.75) is 6.54 Å². The highest BCUT2D eigenvalue weighted by Crippen LogP contribution is 2.20. The molecule has 3 rings (SSSR count). The largest absolute Gasteiger partial charge is 0.271 e. The van der Waals surface area contributed by atoms with E-state index in [4.69, 9.17) is 11.6 Å². The van der Waals surface area contributed by atoms with Crippen molar-refractivity contribution in [3.05, 3.63) is 69.2 Å². The van der Waals surface area contributed by atoms with Gasteiger partial charge in [-0.15, -0.1) is 10.2 Å². The molecule has 0 saturated carbocycles. The summed E-state index contributed by atoms with van der Waals surface area (Å²) in [6.07, 6.45) is 1.22. The zero-order chi connectivity index (χ0) is 19.2. The lowest BCUT2D eigenvalue weighted by atomic mass is 10.2. The molecule has 1 amide bonds. The summed E-state index contributed by atoms with van der Waals surface area (Å²) in [5.41, 5.74) is 3.23. The van der Waals surface area contributed by atoms with Crippen LogP contribution >= 0.6 is 11.6 Å². The summed E-state index contributed by atoms with van der Waals surface area (Å²) in [4.78, 5) is 23.3. The predicted molar refractivity (Wildman–Crippen MR) is 97.1 cm³/mol. The third-order valence-corrected chi connectivity index (χ3v) is 3.70. The highest BCUT2D eigenvalue weighted by molar-refractivity contribution is 6.33. The number of benzene rings is 2. The van der Waals surface area contributed by atoms with Gasteiger partial charge in [-0.25, -0.2) is 5.43 Å². The minimum atomic E-state index is -0.549. The third-order valence-electron chi connectivity index (χ3n) is 3.35. The Hall–Kier alpha value is -3.66. The fourth-order valence-electron chi connectivity index (χ4n) is 2.09. The van der Waals surface area contributed by atoms with E-state index in [0.29, 0.717) is 11.4 Å². The van der Waals surface area contributed by atoms with E-state index in [0.717, 1.165) is 10.4 Å². The number of hydrogen-bond donors (Lipinski definition) is 1. The summed E-state index contributed by atoms with van der Waals surface area (Å²) in [5.74, 6) is -0.0971. The molecule has 0 aliphatic rings. The first-order valence-corrected chi connectivity index (χ1v) is 8.00. The van der Waals surface area contributed by atoms with Gasteiger partial charge in [0.2, 0.25) is 5.82 Å². The maximum absolute atomic E-state index is 11.9. The summed E-state index contributed by atoms with van der Waals surface area (Å²) in [5, 5.41) is 26.6. The number of nitrogens with one attached hydrogen (secondary N) is 1. The van der Waals surface area contributed by atoms with E-state index in [2.05, 4.69) is 25.9 Å². The van der Waals surface area contributed by atoms with Gasteiger partial charge in [-0.2, -0.15) is 9.90 Å². The standard InChI is InChI=1S/C16H12ClN7O3/c17-14-7-6-13(24(26)27)8-12(14)9-18-19-15(25)10-23-21-16(20-22-23)11-4-2-1-3-5-11/h1-9H,10H2,(H,19,25). The Labute approximate surface area is 157 Å². The fraction of sp³-hybridized carbons (Fsp3) is 0.0625. The van der Waals surface area contributed by atoms with Crippen LogP contribution in [-0.2, 0) is 11.3 Å². The van der Waals surface area contributed by atoms with Gasteiger partial charge in [-0.05, 0) is 11.3 Å². The molecule has 27 heavy (non-hydrogen) atoms. The molecule has 1 aromatic heterocycles. The van der Waals surface area contributed by atoms with E-state index in [1.807, 2.05) is 30.3 Å². The van der Waals surface area contributed by atoms with Crippen molar-refractivity contribution in [2.75, 3.05) is 0 Å². The van der Waals surface area contributed by atoms with Crippen LogP contribution in [0, 0.1) is 10.1 Å². The molecule has 0 spiro atoms. The molecule has 0 unspecified atom stereocenters. The number of tetrazole rings is 1. The van der Waals surface area contributed by atoms with E-state index in [1.54, 1.807) is 0 Å². The van der Waals surface area contributed by atoms with E-state index < -0.39 is 10.8 Å². The molecule has 2 aromatic carbocycles. The summed E-state index contributed by atoms with van der Waals surface area (Å²) in [7, 11) is 0. The lowest BCUT2D eigenvalue weighted by molar-refractivity contribution is -0.384. The van der Waals surface area contributed by atoms with Crippen LogP contribution < -0.4 is 5.43 Å². The second-order valence-corrected chi connectivity index (χ2v) is 5.67. The van der Waals surface area contributed by atoms with Crippen LogP contribution in [0.5, 0.6) is 0 Å². The SMILES string of the molecule is O=C(Cn1nnc(-c2ccccc2)n1)NN=Cc1cc([N+](=O)[O-])ccc1Cl. The van der Waals surface area contributed by atoms with E-state index >= 15 is 0 Å². The van der Waals surface area contributed by atoms with Crippen molar-refractivity contribution in [1.82, 2.24) is 25.6 Å². The van der Waals surface area contributed by atoms with Crippen molar-refractivity contribution in [1.29, 1.82) is 0 Å². The van der Waals surface area contributed by atoms with Crippen LogP contribution in [0.15, 0.2) is 53.6 Å². The van der Waals surface area contributed by atoms with Crippen LogP contribution in [0.1, 0.15) is 5.56 Å². The molecule has 0 saturated heterocycles. The van der Waals surface area contributed by atoms with Gasteiger partial charge in [-0.3, -0.25) is 14.9 Å². The molecular formula is C16H12ClN7O3. The number of hydrazone groups is 1. The number of carbonyl (C=O) groups excluding carboxylic acids is 1. The van der Waals surface area contributed by atoms with Crippen LogP contribution in [0.4, 0.5) is 5.69 Å². The second kappa shape index (κ2) is 8.15. The minimum Gasteiger partial charge on any atom is -0.271 e. The average molecular weight is 386 g/mol. The zero-order valence-electron chi connectivity index (χ0n) is 13.7. The van der Waals surface area contributed by atoms with Crippen LogP contribution in [0.2, 0.25) is 5.02 Å². The number of nitro groups is 1. The smallest absolute Gasteiger partial charge is 0.270 e. The van der Waals surface area contributed by atoms with Crippen molar-refractivity contribution in [3.63, 3.8) is 0 Å². The van der Waals surface area contributed by atoms with Crippen molar-refractivity contribution >= 4 is 29.4 Å². The van der Waals surface area contributed by atoms with Crippen LogP contribution in [0.25, 0.3) is 11.4 Å². The van der Waals surface area contributed by atoms with Crippen LogP contribution in [0.3, 0.4) is 0 Å². The Morgan fingerprint density at radius 2 is 2.07 bits per heavy atom. The molecule has 136 valence electrons. The molecular weight excluding hydrogens is 374 g/mol. The van der Waals surface area contributed by atoms with Gasteiger partial charge in [-0.1, -0.05) is 41.9 Å². The molecule has 0 fully saturated rings. The van der Waals surface area contributed by atoms with Gasteiger partial charge in [0.1, 0.15) is 6.54 Å². The lowest BCUT2D eigenvalue weighted by Gasteiger charge is -2.00. The first kappa shape index (κ1) is 18.1. The molecule has 0 radical (unpaired) electrons. The first-order valence-electron chi connectivity index (χ1n) is 7.62. The number of rotatable bonds is 6. The van der Waals surface area contributed by atoms with Crippen LogP contribution in [-0.4, -0.2) is 37.3 Å². The summed E-state index contributed by atoms with van der Waals surface area (Å²) in [6.45, 7) is -0.195. The fourth-order valence-corrected chi connectivity index (χ4v) is 2.26. The molecule has 0 atom stereocenters. The van der Waals surface area contributed by atoms with E-state index in [9.17, 15) is 14.9 Å². The Morgan fingerprint density at radius 3 is 2.81 bits per heavy atom. The number of nitrogens with zero attached hydrogens (tertiary/aromatic N) is 6. The monoisotopic (exact) mass is 385 g/mol. The van der Waals surface area contributed by atoms with Gasteiger partial charge >= 0.3 is 0 Å². The molecule has 0 bridgehead atoms. The Morgan fingerprint density at radius 1 is 1.30 bits per heavy atom. The lowest BCUT2D eigenvalue weighted by Crippen LogP contribution is -2.24. The molecule has 3 aromatic rings. The molecule has 1 heterocycles. The number of halogens is 1. The minimum absolute atomic E-state index is 0.132. The molecule has 1 N–H and O–H groups in total. The normalized spacial score (nSPS) is 10.9. The Bertz CT molecular complexity index is 1000. The quantitative estimate of drug-likeness (QED) is 0.393. The summed E-state index contributed by atoms with van der Waals surface area (Å²) >= 11 is 5.95. The van der Waals surface area contributed by atoms with Gasteiger partial charge < -0.3 is 0 Å². The second-order valence-electron chi connectivity index (χ2n) is 5.27. The number of aromatic nitrogens is 4. The highest BCUT2D eigenvalue weighted by atomic mass is 35.5. The maximum Gasteiger partial charge on any atom is 0.270 e. The maximum atomic E-state index is 11.9. The van der Waals surface area contributed by atoms with E-state index in [1.165, 1.54) is 24.4 Å². The Kier molecular flexibility index (Phi) is 5.47. The number of carbonyl (C=O) groups is 1. The molecule has 11 heteroatoms. The van der Waals surface area contributed by atoms with Gasteiger partial charge in [0.25, 0.3) is 11.6 Å². The van der Waals surface area contributed by atoms with Crippen molar-refractivity contribution in [2.24, 2.45) is 5.10 Å². The molecule has 0 aliphatic heterocycles. The number of hydrogen-bond acceptors (Lipinski definition) is 7. The average Bonchev–Trinajstić information content (AvgIpc) is 3.12. The summed E-state index contributed by atoms with van der Waals surface area (Å²) in [6, 6.07) is 13.1. The predicted octanol–water partition coefficient (Wildman–Crippen LogP) is 2.05. The van der Waals surface area contributed by atoms with Crippen molar-refractivity contribution in [3.8, 4) is 11.4 Å². The number of non-ortho nitro benzene ring substituents is 1. The molecule has 10 nitrogen and oxygen atoms in total. The van der Waals surface area contributed by atoms with Gasteiger partial charge in [0.15, 0.2) is 0 Å². The first-order chi connectivity index (χ1) is 13.0. The summed E-state index contributed by atoms with van der Waals surface area (Å²) < 4.78 is 0. The Balaban J connectivity index is 1.60.